The van der Waals surface area contributed by atoms with Crippen LogP contribution in [0.3, 0.4) is 0 Å². The lowest BCUT2D eigenvalue weighted by Crippen LogP contribution is -2.28. The third-order valence-corrected chi connectivity index (χ3v) is 4.28. The highest BCUT2D eigenvalue weighted by Gasteiger charge is 2.38. The van der Waals surface area contributed by atoms with Gasteiger partial charge in [0.2, 0.25) is 0 Å². The SMILES string of the molecule is CN(CCN)CCC1CC2CCC1C2. The number of nitrogens with zero attached hydrogens (tertiary/aromatic N) is 1. The molecule has 2 heteroatoms. The second-order valence-corrected chi connectivity index (χ2v) is 5.32. The van der Waals surface area contributed by atoms with Crippen molar-refractivity contribution in [2.24, 2.45) is 23.5 Å². The van der Waals surface area contributed by atoms with Crippen LogP contribution in [-0.4, -0.2) is 31.6 Å². The molecule has 2 fully saturated rings. The van der Waals surface area contributed by atoms with Crippen LogP contribution in [0.1, 0.15) is 32.1 Å². The van der Waals surface area contributed by atoms with E-state index in [1.165, 1.54) is 32.2 Å². The Morgan fingerprint density at radius 3 is 2.64 bits per heavy atom. The maximum absolute atomic E-state index is 5.53. The van der Waals surface area contributed by atoms with E-state index in [2.05, 4.69) is 11.9 Å². The molecule has 0 aromatic heterocycles. The molecule has 2 aliphatic carbocycles. The Kier molecular flexibility index (Phi) is 3.45. The summed E-state index contributed by atoms with van der Waals surface area (Å²) in [6.07, 6.45) is 7.54. The normalized spacial score (nSPS) is 35.8. The maximum atomic E-state index is 5.53. The molecule has 2 saturated carbocycles. The number of rotatable bonds is 5. The lowest BCUT2D eigenvalue weighted by atomic mass is 9.86. The molecule has 14 heavy (non-hydrogen) atoms. The number of likely N-dealkylation sites (N-methyl/N-ethyl adjacent to an activating group) is 1. The molecule has 0 aromatic rings. The Hall–Kier alpha value is -0.0800. The van der Waals surface area contributed by atoms with Gasteiger partial charge in [-0.05, 0) is 57.0 Å². The highest BCUT2D eigenvalue weighted by Crippen LogP contribution is 2.49. The van der Waals surface area contributed by atoms with Crippen LogP contribution < -0.4 is 5.73 Å². The second-order valence-electron chi connectivity index (χ2n) is 5.32. The summed E-state index contributed by atoms with van der Waals surface area (Å²) >= 11 is 0. The molecule has 3 atom stereocenters. The fourth-order valence-electron chi connectivity index (χ4n) is 3.45. The van der Waals surface area contributed by atoms with Crippen molar-refractivity contribution >= 4 is 0 Å². The van der Waals surface area contributed by atoms with Crippen molar-refractivity contribution in [1.82, 2.24) is 4.90 Å². The molecule has 2 bridgehead atoms. The molecule has 3 unspecified atom stereocenters. The van der Waals surface area contributed by atoms with E-state index in [9.17, 15) is 0 Å². The summed E-state index contributed by atoms with van der Waals surface area (Å²) in [4.78, 5) is 2.38. The standard InChI is InChI=1S/C12H24N2/c1-14(7-5-13)6-4-12-9-10-2-3-11(12)8-10/h10-12H,2-9,13H2,1H3. The predicted octanol–water partition coefficient (Wildman–Crippen LogP) is 1.70. The summed E-state index contributed by atoms with van der Waals surface area (Å²) in [6, 6.07) is 0. The van der Waals surface area contributed by atoms with Crippen molar-refractivity contribution in [2.75, 3.05) is 26.7 Å². The molecule has 0 saturated heterocycles. The van der Waals surface area contributed by atoms with Gasteiger partial charge in [-0.25, -0.2) is 0 Å². The number of fused-ring (bicyclic) bond motifs is 2. The molecule has 0 aliphatic heterocycles. The molecule has 0 amide bonds. The second kappa shape index (κ2) is 4.63. The molecule has 0 spiro atoms. The van der Waals surface area contributed by atoms with Crippen LogP contribution in [0, 0.1) is 17.8 Å². The third-order valence-electron chi connectivity index (χ3n) is 4.28. The maximum Gasteiger partial charge on any atom is 0.0102 e. The van der Waals surface area contributed by atoms with Crippen molar-refractivity contribution < 1.29 is 0 Å². The van der Waals surface area contributed by atoms with Gasteiger partial charge in [-0.2, -0.15) is 0 Å². The van der Waals surface area contributed by atoms with Gasteiger partial charge in [-0.3, -0.25) is 0 Å². The first kappa shape index (κ1) is 10.4. The zero-order valence-electron chi connectivity index (χ0n) is 9.41. The average Bonchev–Trinajstić information content (AvgIpc) is 2.76. The smallest absolute Gasteiger partial charge is 0.0102 e. The van der Waals surface area contributed by atoms with E-state index in [0.717, 1.165) is 30.8 Å². The topological polar surface area (TPSA) is 29.3 Å². The van der Waals surface area contributed by atoms with Gasteiger partial charge in [0, 0.05) is 13.1 Å². The van der Waals surface area contributed by atoms with Gasteiger partial charge in [0.05, 0.1) is 0 Å². The van der Waals surface area contributed by atoms with Crippen molar-refractivity contribution in [1.29, 1.82) is 0 Å². The summed E-state index contributed by atoms with van der Waals surface area (Å²) in [6.45, 7) is 3.11. The van der Waals surface area contributed by atoms with Crippen LogP contribution in [0.25, 0.3) is 0 Å². The minimum absolute atomic E-state index is 0.799. The van der Waals surface area contributed by atoms with Crippen LogP contribution >= 0.6 is 0 Å². The minimum atomic E-state index is 0.799. The van der Waals surface area contributed by atoms with Crippen LogP contribution in [0.2, 0.25) is 0 Å². The summed E-state index contributed by atoms with van der Waals surface area (Å²) < 4.78 is 0. The summed E-state index contributed by atoms with van der Waals surface area (Å²) in [7, 11) is 2.19. The first-order valence-electron chi connectivity index (χ1n) is 6.18. The van der Waals surface area contributed by atoms with Crippen LogP contribution in [0.5, 0.6) is 0 Å². The Morgan fingerprint density at radius 1 is 1.21 bits per heavy atom. The van der Waals surface area contributed by atoms with E-state index in [-0.39, 0.29) is 0 Å². The molecule has 0 heterocycles. The van der Waals surface area contributed by atoms with E-state index in [1.54, 1.807) is 6.42 Å². The molecular formula is C12H24N2. The molecule has 2 N–H and O–H groups in total. The summed E-state index contributed by atoms with van der Waals surface area (Å²) in [5.41, 5.74) is 5.53. The molecule has 2 aliphatic rings. The molecule has 2 rings (SSSR count). The van der Waals surface area contributed by atoms with Crippen LogP contribution in [0.15, 0.2) is 0 Å². The van der Waals surface area contributed by atoms with E-state index in [0.29, 0.717) is 0 Å². The largest absolute Gasteiger partial charge is 0.329 e. The van der Waals surface area contributed by atoms with Crippen molar-refractivity contribution in [3.63, 3.8) is 0 Å². The zero-order valence-corrected chi connectivity index (χ0v) is 9.41. The van der Waals surface area contributed by atoms with E-state index in [1.807, 2.05) is 0 Å². The fourth-order valence-corrected chi connectivity index (χ4v) is 3.45. The summed E-state index contributed by atoms with van der Waals surface area (Å²) in [5.74, 6) is 3.24. The fraction of sp³-hybridized carbons (Fsp3) is 1.00. The van der Waals surface area contributed by atoms with Crippen molar-refractivity contribution in [3.8, 4) is 0 Å². The first-order chi connectivity index (χ1) is 6.79. The van der Waals surface area contributed by atoms with Gasteiger partial charge in [0.25, 0.3) is 0 Å². The van der Waals surface area contributed by atoms with Gasteiger partial charge >= 0.3 is 0 Å². The van der Waals surface area contributed by atoms with Crippen molar-refractivity contribution in [2.45, 2.75) is 32.1 Å². The molecule has 2 nitrogen and oxygen atoms in total. The highest BCUT2D eigenvalue weighted by atomic mass is 15.1. The minimum Gasteiger partial charge on any atom is -0.329 e. The molecular weight excluding hydrogens is 172 g/mol. The molecule has 0 aromatic carbocycles. The van der Waals surface area contributed by atoms with Crippen LogP contribution in [0.4, 0.5) is 0 Å². The third kappa shape index (κ3) is 2.29. The van der Waals surface area contributed by atoms with Crippen molar-refractivity contribution in [3.05, 3.63) is 0 Å². The van der Waals surface area contributed by atoms with E-state index < -0.39 is 0 Å². The lowest BCUT2D eigenvalue weighted by Gasteiger charge is -2.24. The Morgan fingerprint density at radius 2 is 2.07 bits per heavy atom. The number of hydrogen-bond acceptors (Lipinski definition) is 2. The van der Waals surface area contributed by atoms with E-state index >= 15 is 0 Å². The highest BCUT2D eigenvalue weighted by molar-refractivity contribution is 4.90. The number of hydrogen-bond donors (Lipinski definition) is 1. The van der Waals surface area contributed by atoms with Gasteiger partial charge in [0.15, 0.2) is 0 Å². The average molecular weight is 196 g/mol. The van der Waals surface area contributed by atoms with Gasteiger partial charge in [-0.1, -0.05) is 6.42 Å². The van der Waals surface area contributed by atoms with Gasteiger partial charge < -0.3 is 10.6 Å². The number of nitrogens with two attached hydrogens (primary N) is 1. The first-order valence-corrected chi connectivity index (χ1v) is 6.18. The van der Waals surface area contributed by atoms with Crippen LogP contribution in [-0.2, 0) is 0 Å². The lowest BCUT2D eigenvalue weighted by molar-refractivity contribution is 0.255. The molecule has 82 valence electrons. The van der Waals surface area contributed by atoms with Gasteiger partial charge in [-0.15, -0.1) is 0 Å². The zero-order chi connectivity index (χ0) is 9.97. The predicted molar refractivity (Wildman–Crippen MR) is 60.1 cm³/mol. The quantitative estimate of drug-likeness (QED) is 0.725. The van der Waals surface area contributed by atoms with E-state index in [4.69, 9.17) is 5.73 Å². The Bertz CT molecular complexity index is 181. The monoisotopic (exact) mass is 196 g/mol. The Labute approximate surface area is 87.8 Å². The Balaban J connectivity index is 1.66. The summed E-state index contributed by atoms with van der Waals surface area (Å²) in [5, 5.41) is 0. The van der Waals surface area contributed by atoms with Gasteiger partial charge in [0.1, 0.15) is 0 Å². The molecule has 0 radical (unpaired) electrons.